The van der Waals surface area contributed by atoms with Crippen LogP contribution in [0.4, 0.5) is 10.6 Å². The summed E-state index contributed by atoms with van der Waals surface area (Å²) in [6.45, 7) is 5.31. The van der Waals surface area contributed by atoms with Gasteiger partial charge in [-0.15, -0.1) is 0 Å². The molecule has 1 unspecified atom stereocenters. The van der Waals surface area contributed by atoms with Crippen LogP contribution < -0.4 is 9.64 Å². The number of ether oxygens (including phenoxy) is 2. The molecule has 2 aromatic rings. The Morgan fingerprint density at radius 1 is 1.14 bits per heavy atom. The van der Waals surface area contributed by atoms with Gasteiger partial charge in [-0.2, -0.15) is 4.99 Å². The summed E-state index contributed by atoms with van der Waals surface area (Å²) in [5, 5.41) is -0.241. The van der Waals surface area contributed by atoms with E-state index in [4.69, 9.17) is 9.47 Å². The minimum absolute atomic E-state index is 0.0497. The van der Waals surface area contributed by atoms with E-state index in [9.17, 15) is 4.79 Å². The molecule has 0 aliphatic carbocycles. The molecule has 1 atom stereocenters. The van der Waals surface area contributed by atoms with Crippen molar-refractivity contribution in [1.82, 2.24) is 4.98 Å². The van der Waals surface area contributed by atoms with Crippen molar-refractivity contribution in [2.75, 3.05) is 32.2 Å². The molecule has 0 saturated heterocycles. The largest absolute Gasteiger partial charge is 0.492 e. The van der Waals surface area contributed by atoms with Crippen LogP contribution in [0.5, 0.6) is 5.75 Å². The van der Waals surface area contributed by atoms with Crippen molar-refractivity contribution in [3.63, 3.8) is 0 Å². The van der Waals surface area contributed by atoms with Crippen molar-refractivity contribution in [3.8, 4) is 5.75 Å². The van der Waals surface area contributed by atoms with Crippen molar-refractivity contribution in [3.05, 3.63) is 54.2 Å². The van der Waals surface area contributed by atoms with E-state index in [1.807, 2.05) is 68.3 Å². The molecule has 1 aliphatic heterocycles. The van der Waals surface area contributed by atoms with Gasteiger partial charge in [0.2, 0.25) is 5.90 Å². The standard InChI is InChI=1S/C19H21N3O3S.C2H6/c1-22(17-5-3-4-10-20-17)11-12-25-15-8-6-14(7-9-15)13-16-18(24-2)21-19(23)26-16;1-2/h3-10,16H,11-13H2,1-2H3;1-2H3. The maximum absolute atomic E-state index is 11.4. The van der Waals surface area contributed by atoms with Crippen LogP contribution in [0, 0.1) is 0 Å². The van der Waals surface area contributed by atoms with Crippen LogP contribution in [0.15, 0.2) is 53.7 Å². The Morgan fingerprint density at radius 3 is 2.54 bits per heavy atom. The molecular formula is C21H27N3O3S. The molecule has 0 saturated carbocycles. The van der Waals surface area contributed by atoms with Crippen molar-refractivity contribution in [2.45, 2.75) is 25.5 Å². The number of anilines is 1. The molecule has 0 fully saturated rings. The highest BCUT2D eigenvalue weighted by Crippen LogP contribution is 2.27. The fraction of sp³-hybridized carbons (Fsp3) is 0.381. The van der Waals surface area contributed by atoms with Gasteiger partial charge in [-0.05, 0) is 48.0 Å². The van der Waals surface area contributed by atoms with Crippen LogP contribution in [-0.4, -0.2) is 48.7 Å². The predicted molar refractivity (Wildman–Crippen MR) is 116 cm³/mol. The van der Waals surface area contributed by atoms with E-state index in [-0.39, 0.29) is 10.5 Å². The summed E-state index contributed by atoms with van der Waals surface area (Å²) in [4.78, 5) is 21.6. The third kappa shape index (κ3) is 6.27. The number of hydrogen-bond acceptors (Lipinski definition) is 6. The first-order valence-electron chi connectivity index (χ1n) is 9.33. The summed E-state index contributed by atoms with van der Waals surface area (Å²) in [5.41, 5.74) is 1.11. The fourth-order valence-electron chi connectivity index (χ4n) is 2.60. The predicted octanol–water partition coefficient (Wildman–Crippen LogP) is 4.45. The second kappa shape index (κ2) is 11.3. The molecule has 28 heavy (non-hydrogen) atoms. The van der Waals surface area contributed by atoms with Gasteiger partial charge in [-0.1, -0.05) is 32.0 Å². The zero-order valence-electron chi connectivity index (χ0n) is 16.8. The zero-order valence-corrected chi connectivity index (χ0v) is 17.6. The lowest BCUT2D eigenvalue weighted by Crippen LogP contribution is -2.24. The molecule has 0 radical (unpaired) electrons. The van der Waals surface area contributed by atoms with Gasteiger partial charge >= 0.3 is 5.24 Å². The highest BCUT2D eigenvalue weighted by molar-refractivity contribution is 8.15. The molecule has 6 nitrogen and oxygen atoms in total. The number of pyridine rings is 1. The van der Waals surface area contributed by atoms with Crippen LogP contribution in [-0.2, 0) is 11.2 Å². The topological polar surface area (TPSA) is 64.0 Å². The van der Waals surface area contributed by atoms with E-state index < -0.39 is 0 Å². The number of carbonyl (C=O) groups is 1. The second-order valence-electron chi connectivity index (χ2n) is 5.83. The number of hydrogen-bond donors (Lipinski definition) is 0. The first-order valence-corrected chi connectivity index (χ1v) is 10.2. The van der Waals surface area contributed by atoms with Gasteiger partial charge in [0.05, 0.1) is 18.9 Å². The number of benzene rings is 1. The number of likely N-dealkylation sites (N-methyl/N-ethyl adjacent to an activating group) is 1. The molecule has 3 rings (SSSR count). The fourth-order valence-corrected chi connectivity index (χ4v) is 3.51. The summed E-state index contributed by atoms with van der Waals surface area (Å²) in [5.74, 6) is 2.24. The van der Waals surface area contributed by atoms with Crippen molar-refractivity contribution in [1.29, 1.82) is 0 Å². The Morgan fingerprint density at radius 2 is 1.89 bits per heavy atom. The molecular weight excluding hydrogens is 374 g/mol. The number of carbonyl (C=O) groups excluding carboxylic acids is 1. The van der Waals surface area contributed by atoms with Crippen molar-refractivity contribution in [2.24, 2.45) is 4.99 Å². The van der Waals surface area contributed by atoms with E-state index >= 15 is 0 Å². The summed E-state index contributed by atoms with van der Waals surface area (Å²) < 4.78 is 11.0. The average Bonchev–Trinajstić information content (AvgIpc) is 3.10. The minimum Gasteiger partial charge on any atom is -0.492 e. The Hall–Kier alpha value is -2.54. The first kappa shape index (κ1) is 21.8. The third-order valence-corrected chi connectivity index (χ3v) is 4.96. The summed E-state index contributed by atoms with van der Waals surface area (Å²) >= 11 is 1.20. The Labute approximate surface area is 171 Å². The smallest absolute Gasteiger partial charge is 0.308 e. The molecule has 1 aliphatic rings. The number of thioether (sulfide) groups is 1. The number of nitrogens with zero attached hydrogens (tertiary/aromatic N) is 3. The van der Waals surface area contributed by atoms with Gasteiger partial charge < -0.3 is 14.4 Å². The van der Waals surface area contributed by atoms with Crippen molar-refractivity contribution < 1.29 is 14.3 Å². The molecule has 7 heteroatoms. The lowest BCUT2D eigenvalue weighted by molar-refractivity contribution is 0.267. The lowest BCUT2D eigenvalue weighted by atomic mass is 10.1. The molecule has 2 heterocycles. The Balaban J connectivity index is 0.00000136. The molecule has 0 bridgehead atoms. The van der Waals surface area contributed by atoms with Gasteiger partial charge in [0, 0.05) is 13.2 Å². The van der Waals surface area contributed by atoms with Crippen LogP contribution >= 0.6 is 11.8 Å². The van der Waals surface area contributed by atoms with Gasteiger partial charge in [0.1, 0.15) is 18.2 Å². The van der Waals surface area contributed by atoms with Crippen molar-refractivity contribution >= 4 is 28.7 Å². The van der Waals surface area contributed by atoms with Crippen LogP contribution in [0.1, 0.15) is 19.4 Å². The van der Waals surface area contributed by atoms with E-state index in [0.717, 1.165) is 23.7 Å². The number of aromatic nitrogens is 1. The van der Waals surface area contributed by atoms with Gasteiger partial charge in [-0.25, -0.2) is 4.98 Å². The molecule has 150 valence electrons. The Kier molecular flexibility index (Phi) is 8.81. The Bertz CT molecular complexity index is 766. The van der Waals surface area contributed by atoms with Gasteiger partial charge in [0.25, 0.3) is 0 Å². The van der Waals surface area contributed by atoms with Crippen LogP contribution in [0.2, 0.25) is 0 Å². The number of methoxy groups -OCH3 is 1. The molecule has 1 amide bonds. The van der Waals surface area contributed by atoms with Gasteiger partial charge in [-0.3, -0.25) is 4.79 Å². The first-order chi connectivity index (χ1) is 13.7. The summed E-state index contributed by atoms with van der Waals surface area (Å²) in [7, 11) is 3.54. The quantitative estimate of drug-likeness (QED) is 0.683. The van der Waals surface area contributed by atoms with E-state index in [1.165, 1.54) is 11.8 Å². The molecule has 0 spiro atoms. The molecule has 0 N–H and O–H groups in total. The monoisotopic (exact) mass is 401 g/mol. The normalized spacial score (nSPS) is 15.4. The summed E-state index contributed by atoms with van der Waals surface area (Å²) in [6, 6.07) is 13.7. The highest BCUT2D eigenvalue weighted by atomic mass is 32.2. The SMILES string of the molecule is CC.COC1=NC(=O)SC1Cc1ccc(OCCN(C)c2ccccn2)cc1. The number of rotatable bonds is 7. The average molecular weight is 402 g/mol. The molecule has 1 aromatic heterocycles. The maximum Gasteiger partial charge on any atom is 0.308 e. The third-order valence-electron chi connectivity index (χ3n) is 4.01. The van der Waals surface area contributed by atoms with E-state index in [2.05, 4.69) is 9.98 Å². The van der Waals surface area contributed by atoms with E-state index in [1.54, 1.807) is 13.3 Å². The molecule has 1 aromatic carbocycles. The van der Waals surface area contributed by atoms with Crippen LogP contribution in [0.25, 0.3) is 0 Å². The zero-order chi connectivity index (χ0) is 20.4. The number of amides is 1. The second-order valence-corrected chi connectivity index (χ2v) is 6.99. The lowest BCUT2D eigenvalue weighted by Gasteiger charge is -2.18. The minimum atomic E-state index is -0.191. The van der Waals surface area contributed by atoms with Gasteiger partial charge in [0.15, 0.2) is 0 Å². The van der Waals surface area contributed by atoms with E-state index in [0.29, 0.717) is 18.9 Å². The number of aliphatic imine (C=N–C) groups is 1. The summed E-state index contributed by atoms with van der Waals surface area (Å²) in [6.07, 6.45) is 2.48. The highest BCUT2D eigenvalue weighted by Gasteiger charge is 2.28. The van der Waals surface area contributed by atoms with Crippen LogP contribution in [0.3, 0.4) is 0 Å². The maximum atomic E-state index is 11.4.